The molecule has 6 aromatic carbocycles. The summed E-state index contributed by atoms with van der Waals surface area (Å²) in [6.07, 6.45) is 0. The first kappa shape index (κ1) is 33.7. The van der Waals surface area contributed by atoms with E-state index in [1.165, 1.54) is 110 Å². The van der Waals surface area contributed by atoms with Gasteiger partial charge in [0.1, 0.15) is 0 Å². The Morgan fingerprint density at radius 2 is 0.627 bits per heavy atom. The standard InChI is InChI=1S/C50H52Si/c1-29-13-17-39-41-19-15-37(27-45(41)49(9,10)43(39)25-29)51(47-33(5)21-31(3)22-34(47)6,48-35(7)23-32(4)24-36(48)8)38-16-20-42-40-18-14-30(2)26-44(40)50(11,12)46(42)28-38/h13-28H,1-12H3. The second kappa shape index (κ2) is 11.3. The third kappa shape index (κ3) is 4.70. The molecule has 0 atom stereocenters. The minimum Gasteiger partial charge on any atom is -0.0613 e. The Hall–Kier alpha value is -4.46. The number of hydrogen-bond acceptors (Lipinski definition) is 0. The first-order valence-electron chi connectivity index (χ1n) is 18.8. The van der Waals surface area contributed by atoms with Crippen molar-refractivity contribution in [2.45, 2.75) is 93.9 Å². The largest absolute Gasteiger partial charge is 0.180 e. The summed E-state index contributed by atoms with van der Waals surface area (Å²) in [5.74, 6) is 0. The topological polar surface area (TPSA) is 0 Å². The van der Waals surface area contributed by atoms with Gasteiger partial charge in [0.05, 0.1) is 0 Å². The summed E-state index contributed by atoms with van der Waals surface area (Å²) >= 11 is 0. The zero-order valence-electron chi connectivity index (χ0n) is 32.7. The van der Waals surface area contributed by atoms with Crippen molar-refractivity contribution in [3.63, 3.8) is 0 Å². The summed E-state index contributed by atoms with van der Waals surface area (Å²) in [6, 6.07) is 39.2. The normalized spacial score (nSPS) is 15.0. The van der Waals surface area contributed by atoms with Gasteiger partial charge in [-0.3, -0.25) is 0 Å². The third-order valence-corrected chi connectivity index (χ3v) is 18.1. The molecule has 0 N–H and O–H groups in total. The third-order valence-electron chi connectivity index (χ3n) is 12.6. The predicted octanol–water partition coefficient (Wildman–Crippen LogP) is 10.1. The molecule has 0 aromatic heterocycles. The minimum absolute atomic E-state index is 0.0962. The van der Waals surface area contributed by atoms with Gasteiger partial charge in [0.25, 0.3) is 0 Å². The fourth-order valence-electron chi connectivity index (χ4n) is 10.6. The Labute approximate surface area is 307 Å². The molecule has 1 heteroatoms. The van der Waals surface area contributed by atoms with Gasteiger partial charge in [-0.1, -0.05) is 169 Å². The highest BCUT2D eigenvalue weighted by Gasteiger charge is 2.48. The summed E-state index contributed by atoms with van der Waals surface area (Å²) in [4.78, 5) is 0. The van der Waals surface area contributed by atoms with Gasteiger partial charge in [0.15, 0.2) is 8.07 Å². The summed E-state index contributed by atoms with van der Waals surface area (Å²) in [5, 5.41) is 6.04. The number of aryl methyl sites for hydroxylation is 8. The molecule has 2 aliphatic carbocycles. The highest BCUT2D eigenvalue weighted by molar-refractivity contribution is 7.20. The van der Waals surface area contributed by atoms with Crippen molar-refractivity contribution < 1.29 is 0 Å². The van der Waals surface area contributed by atoms with Crippen LogP contribution in [0.4, 0.5) is 0 Å². The van der Waals surface area contributed by atoms with Crippen molar-refractivity contribution in [2.24, 2.45) is 0 Å². The van der Waals surface area contributed by atoms with Crippen LogP contribution < -0.4 is 20.7 Å². The van der Waals surface area contributed by atoms with E-state index in [9.17, 15) is 0 Å². The molecule has 0 aliphatic heterocycles. The molecule has 0 unspecified atom stereocenters. The minimum atomic E-state index is -2.96. The van der Waals surface area contributed by atoms with Crippen LogP contribution in [0.3, 0.4) is 0 Å². The number of fused-ring (bicyclic) bond motifs is 6. The quantitative estimate of drug-likeness (QED) is 0.128. The van der Waals surface area contributed by atoms with E-state index in [2.05, 4.69) is 180 Å². The fourth-order valence-corrected chi connectivity index (χ4v) is 16.4. The lowest BCUT2D eigenvalue weighted by Crippen LogP contribution is -2.77. The number of rotatable bonds is 4. The Morgan fingerprint density at radius 1 is 0.333 bits per heavy atom. The van der Waals surface area contributed by atoms with E-state index in [4.69, 9.17) is 0 Å². The molecule has 8 rings (SSSR count). The van der Waals surface area contributed by atoms with Crippen molar-refractivity contribution in [1.29, 1.82) is 0 Å². The van der Waals surface area contributed by atoms with Gasteiger partial charge in [0.2, 0.25) is 0 Å². The van der Waals surface area contributed by atoms with Crippen LogP contribution >= 0.6 is 0 Å². The number of hydrogen-bond donors (Lipinski definition) is 0. The van der Waals surface area contributed by atoms with Crippen molar-refractivity contribution in [2.75, 3.05) is 0 Å². The molecule has 0 bridgehead atoms. The fraction of sp³-hybridized carbons (Fsp3) is 0.280. The van der Waals surface area contributed by atoms with E-state index in [1.807, 2.05) is 0 Å². The second-order valence-corrected chi connectivity index (χ2v) is 20.8. The molecule has 0 spiro atoms. The smallest absolute Gasteiger partial charge is 0.0613 e. The monoisotopic (exact) mass is 680 g/mol. The highest BCUT2D eigenvalue weighted by atomic mass is 28.3. The van der Waals surface area contributed by atoms with Crippen LogP contribution in [0.25, 0.3) is 22.3 Å². The van der Waals surface area contributed by atoms with Gasteiger partial charge in [-0.25, -0.2) is 0 Å². The first-order chi connectivity index (χ1) is 24.1. The van der Waals surface area contributed by atoms with Crippen molar-refractivity contribution in [1.82, 2.24) is 0 Å². The van der Waals surface area contributed by atoms with Gasteiger partial charge >= 0.3 is 0 Å². The van der Waals surface area contributed by atoms with E-state index >= 15 is 0 Å². The van der Waals surface area contributed by atoms with E-state index in [0.717, 1.165) is 0 Å². The van der Waals surface area contributed by atoms with Crippen molar-refractivity contribution >= 4 is 28.8 Å². The summed E-state index contributed by atoms with van der Waals surface area (Å²) in [5.41, 5.74) is 22.0. The van der Waals surface area contributed by atoms with Crippen LogP contribution in [0.1, 0.15) is 94.5 Å². The maximum atomic E-state index is 2.66. The molecule has 0 radical (unpaired) electrons. The molecular formula is C50H52Si. The van der Waals surface area contributed by atoms with Gasteiger partial charge in [0, 0.05) is 10.8 Å². The molecule has 0 nitrogen and oxygen atoms in total. The summed E-state index contributed by atoms with van der Waals surface area (Å²) in [6.45, 7) is 28.2. The average Bonchev–Trinajstić information content (AvgIpc) is 3.41. The lowest BCUT2D eigenvalue weighted by atomic mass is 9.82. The highest BCUT2D eigenvalue weighted by Crippen LogP contribution is 2.50. The van der Waals surface area contributed by atoms with Crippen LogP contribution in [0.2, 0.25) is 0 Å². The van der Waals surface area contributed by atoms with E-state index in [0.29, 0.717) is 0 Å². The molecule has 51 heavy (non-hydrogen) atoms. The molecule has 256 valence electrons. The SMILES string of the molecule is Cc1cc(C)c([Si](c2ccc3c(c2)C(C)(C)c2cc(C)ccc2-3)(c2ccc3c(c2)C(C)(C)c2cc(C)ccc2-3)c2c(C)cc(C)cc2C)c(C)c1. The second-order valence-electron chi connectivity index (χ2n) is 17.2. The van der Waals surface area contributed by atoms with Crippen molar-refractivity contribution in [3.8, 4) is 22.3 Å². The Bertz CT molecular complexity index is 2230. The Balaban J connectivity index is 1.54. The molecule has 2 aliphatic rings. The number of benzene rings is 6. The molecule has 0 fully saturated rings. The van der Waals surface area contributed by atoms with Crippen LogP contribution in [-0.2, 0) is 10.8 Å². The zero-order chi connectivity index (χ0) is 36.4. The lowest BCUT2D eigenvalue weighted by molar-refractivity contribution is 0.660. The Kier molecular flexibility index (Phi) is 7.44. The molecule has 0 saturated carbocycles. The summed E-state index contributed by atoms with van der Waals surface area (Å²) in [7, 11) is -2.96. The lowest BCUT2D eigenvalue weighted by Gasteiger charge is -2.40. The van der Waals surface area contributed by atoms with Gasteiger partial charge in [-0.15, -0.1) is 0 Å². The van der Waals surface area contributed by atoms with E-state index < -0.39 is 8.07 Å². The molecule has 0 saturated heterocycles. The van der Waals surface area contributed by atoms with Crippen LogP contribution in [0.15, 0.2) is 97.1 Å². The van der Waals surface area contributed by atoms with Gasteiger partial charge < -0.3 is 0 Å². The molecule has 0 heterocycles. The Morgan fingerprint density at radius 3 is 0.961 bits per heavy atom. The van der Waals surface area contributed by atoms with Crippen LogP contribution in [0, 0.1) is 55.4 Å². The van der Waals surface area contributed by atoms with Crippen LogP contribution in [0.5, 0.6) is 0 Å². The summed E-state index contributed by atoms with van der Waals surface area (Å²) < 4.78 is 0. The van der Waals surface area contributed by atoms with E-state index in [-0.39, 0.29) is 10.8 Å². The van der Waals surface area contributed by atoms with Gasteiger partial charge in [-0.05, 0) is 121 Å². The molecule has 6 aromatic rings. The molecular weight excluding hydrogens is 629 g/mol. The zero-order valence-corrected chi connectivity index (χ0v) is 33.7. The van der Waals surface area contributed by atoms with Gasteiger partial charge in [-0.2, -0.15) is 0 Å². The predicted molar refractivity (Wildman–Crippen MR) is 223 cm³/mol. The maximum Gasteiger partial charge on any atom is 0.180 e. The first-order valence-corrected chi connectivity index (χ1v) is 20.8. The van der Waals surface area contributed by atoms with Crippen molar-refractivity contribution in [3.05, 3.63) is 164 Å². The molecule has 0 amide bonds. The van der Waals surface area contributed by atoms with E-state index in [1.54, 1.807) is 0 Å². The van der Waals surface area contributed by atoms with Crippen LogP contribution in [-0.4, -0.2) is 8.07 Å². The average molecular weight is 681 g/mol. The maximum absolute atomic E-state index is 2.96.